The molecule has 0 radical (unpaired) electrons. The van der Waals surface area contributed by atoms with Crippen LogP contribution >= 0.6 is 11.3 Å². The van der Waals surface area contributed by atoms with Crippen molar-refractivity contribution in [1.82, 2.24) is 9.88 Å². The van der Waals surface area contributed by atoms with Gasteiger partial charge in [-0.05, 0) is 49.5 Å². The molecule has 19 heavy (non-hydrogen) atoms. The Balaban J connectivity index is 1.93. The fourth-order valence-electron chi connectivity index (χ4n) is 1.97. The fourth-order valence-corrected chi connectivity index (χ4v) is 2.80. The summed E-state index contributed by atoms with van der Waals surface area (Å²) in [5.74, 6) is 6.08. The van der Waals surface area contributed by atoms with E-state index in [1.807, 2.05) is 23.5 Å². The summed E-state index contributed by atoms with van der Waals surface area (Å²) in [7, 11) is 2.15. The van der Waals surface area contributed by atoms with Crippen molar-refractivity contribution in [2.24, 2.45) is 5.84 Å². The van der Waals surface area contributed by atoms with E-state index >= 15 is 0 Å². The third kappa shape index (κ3) is 4.02. The molecule has 1 unspecified atom stereocenters. The number of hydrogen-bond donors (Lipinski definition) is 2. The number of anilines is 1. The van der Waals surface area contributed by atoms with Crippen LogP contribution in [0.3, 0.4) is 0 Å². The largest absolute Gasteiger partial charge is 0.308 e. The predicted octanol–water partition coefficient (Wildman–Crippen LogP) is 2.49. The zero-order valence-corrected chi connectivity index (χ0v) is 12.2. The molecule has 2 rings (SSSR count). The topological polar surface area (TPSA) is 54.2 Å². The second-order valence-electron chi connectivity index (χ2n) is 4.74. The minimum atomic E-state index is 0.501. The van der Waals surface area contributed by atoms with Crippen LogP contribution < -0.4 is 11.3 Å². The molecule has 2 aromatic heterocycles. The third-order valence-electron chi connectivity index (χ3n) is 3.23. The van der Waals surface area contributed by atoms with E-state index in [0.29, 0.717) is 11.9 Å². The van der Waals surface area contributed by atoms with Crippen molar-refractivity contribution >= 4 is 17.2 Å². The van der Waals surface area contributed by atoms with Gasteiger partial charge in [0.1, 0.15) is 5.82 Å². The summed E-state index contributed by atoms with van der Waals surface area (Å²) in [6.07, 6.45) is 2.86. The van der Waals surface area contributed by atoms with Crippen LogP contribution in [0.4, 0.5) is 5.82 Å². The molecule has 0 aliphatic rings. The molecule has 2 aromatic rings. The molecular weight excluding hydrogens is 256 g/mol. The van der Waals surface area contributed by atoms with Crippen LogP contribution in [0.15, 0.2) is 35.8 Å². The SMILES string of the molecule is CC(Cc1cccs1)N(C)Cc1ccnc(NN)c1. The second kappa shape index (κ2) is 6.65. The van der Waals surface area contributed by atoms with E-state index in [2.05, 4.69) is 46.8 Å². The number of aromatic nitrogens is 1. The Bertz CT molecular complexity index is 498. The monoisotopic (exact) mass is 276 g/mol. The molecule has 0 spiro atoms. The fraction of sp³-hybridized carbons (Fsp3) is 0.357. The van der Waals surface area contributed by atoms with Crippen molar-refractivity contribution < 1.29 is 0 Å². The van der Waals surface area contributed by atoms with E-state index in [1.165, 1.54) is 10.4 Å². The molecule has 0 aromatic carbocycles. The van der Waals surface area contributed by atoms with E-state index < -0.39 is 0 Å². The van der Waals surface area contributed by atoms with Gasteiger partial charge < -0.3 is 5.43 Å². The first-order valence-corrected chi connectivity index (χ1v) is 7.21. The van der Waals surface area contributed by atoms with Crippen LogP contribution in [0.2, 0.25) is 0 Å². The van der Waals surface area contributed by atoms with Gasteiger partial charge in [-0.15, -0.1) is 11.3 Å². The quantitative estimate of drug-likeness (QED) is 0.629. The molecular formula is C14H20N4S. The number of likely N-dealkylation sites (N-methyl/N-ethyl adjacent to an activating group) is 1. The normalized spacial score (nSPS) is 12.6. The van der Waals surface area contributed by atoms with Crippen molar-refractivity contribution in [2.75, 3.05) is 12.5 Å². The van der Waals surface area contributed by atoms with Crippen LogP contribution in [-0.4, -0.2) is 23.0 Å². The lowest BCUT2D eigenvalue weighted by Crippen LogP contribution is -2.30. The number of pyridine rings is 1. The maximum Gasteiger partial charge on any atom is 0.140 e. The summed E-state index contributed by atoms with van der Waals surface area (Å²) in [6, 6.07) is 8.80. The molecule has 0 bridgehead atoms. The smallest absolute Gasteiger partial charge is 0.140 e. The average Bonchev–Trinajstić information content (AvgIpc) is 2.91. The van der Waals surface area contributed by atoms with E-state index in [9.17, 15) is 0 Å². The molecule has 3 N–H and O–H groups in total. The van der Waals surface area contributed by atoms with E-state index in [4.69, 9.17) is 5.84 Å². The van der Waals surface area contributed by atoms with Crippen LogP contribution in [0.5, 0.6) is 0 Å². The Morgan fingerprint density at radius 1 is 1.47 bits per heavy atom. The number of nitrogens with two attached hydrogens (primary N) is 1. The van der Waals surface area contributed by atoms with Gasteiger partial charge in [-0.1, -0.05) is 6.07 Å². The van der Waals surface area contributed by atoms with E-state index in [-0.39, 0.29) is 0 Å². The van der Waals surface area contributed by atoms with E-state index in [0.717, 1.165) is 13.0 Å². The zero-order chi connectivity index (χ0) is 13.7. The average molecular weight is 276 g/mol. The van der Waals surface area contributed by atoms with Crippen molar-refractivity contribution in [1.29, 1.82) is 0 Å². The molecule has 0 saturated carbocycles. The van der Waals surface area contributed by atoms with Gasteiger partial charge in [0, 0.05) is 23.7 Å². The first-order chi connectivity index (χ1) is 9.19. The van der Waals surface area contributed by atoms with Gasteiger partial charge in [-0.2, -0.15) is 0 Å². The Morgan fingerprint density at radius 2 is 2.32 bits per heavy atom. The van der Waals surface area contributed by atoms with Crippen molar-refractivity contribution in [3.8, 4) is 0 Å². The molecule has 0 fully saturated rings. The minimum Gasteiger partial charge on any atom is -0.308 e. The van der Waals surface area contributed by atoms with Crippen LogP contribution in [0.25, 0.3) is 0 Å². The van der Waals surface area contributed by atoms with Crippen molar-refractivity contribution in [3.05, 3.63) is 46.3 Å². The maximum atomic E-state index is 5.37. The lowest BCUT2D eigenvalue weighted by Gasteiger charge is -2.24. The van der Waals surface area contributed by atoms with Gasteiger partial charge in [0.2, 0.25) is 0 Å². The highest BCUT2D eigenvalue weighted by molar-refractivity contribution is 7.09. The first kappa shape index (κ1) is 14.0. The Hall–Kier alpha value is -1.43. The number of rotatable bonds is 6. The summed E-state index contributed by atoms with van der Waals surface area (Å²) in [5, 5.41) is 2.13. The summed E-state index contributed by atoms with van der Waals surface area (Å²) in [6.45, 7) is 3.15. The Labute approximate surface area is 118 Å². The first-order valence-electron chi connectivity index (χ1n) is 6.33. The van der Waals surface area contributed by atoms with Crippen LogP contribution in [0.1, 0.15) is 17.4 Å². The van der Waals surface area contributed by atoms with Gasteiger partial charge in [0.25, 0.3) is 0 Å². The number of nitrogens with one attached hydrogen (secondary N) is 1. The van der Waals surface area contributed by atoms with Gasteiger partial charge in [-0.25, -0.2) is 10.8 Å². The van der Waals surface area contributed by atoms with Gasteiger partial charge >= 0.3 is 0 Å². The van der Waals surface area contributed by atoms with Crippen molar-refractivity contribution in [3.63, 3.8) is 0 Å². The standard InChI is InChI=1S/C14H20N4S/c1-11(8-13-4-3-7-19-13)18(2)10-12-5-6-16-14(9-12)17-15/h3-7,9,11H,8,10,15H2,1-2H3,(H,16,17). The maximum absolute atomic E-state index is 5.37. The Morgan fingerprint density at radius 3 is 3.00 bits per heavy atom. The molecule has 5 heteroatoms. The molecule has 0 saturated heterocycles. The van der Waals surface area contributed by atoms with Crippen molar-refractivity contribution in [2.45, 2.75) is 25.9 Å². The zero-order valence-electron chi connectivity index (χ0n) is 11.3. The van der Waals surface area contributed by atoms with E-state index in [1.54, 1.807) is 6.20 Å². The highest BCUT2D eigenvalue weighted by Gasteiger charge is 2.11. The highest BCUT2D eigenvalue weighted by Crippen LogP contribution is 2.15. The Kier molecular flexibility index (Phi) is 4.90. The second-order valence-corrected chi connectivity index (χ2v) is 5.77. The molecule has 0 amide bonds. The molecule has 4 nitrogen and oxygen atoms in total. The number of hydrazine groups is 1. The van der Waals surface area contributed by atoms with Gasteiger partial charge in [0.15, 0.2) is 0 Å². The number of nitrogens with zero attached hydrogens (tertiary/aromatic N) is 2. The van der Waals surface area contributed by atoms with Crippen LogP contribution in [0, 0.1) is 0 Å². The number of hydrogen-bond acceptors (Lipinski definition) is 5. The highest BCUT2D eigenvalue weighted by atomic mass is 32.1. The summed E-state index contributed by atoms with van der Waals surface area (Å²) in [5.41, 5.74) is 3.79. The molecule has 0 aliphatic heterocycles. The minimum absolute atomic E-state index is 0.501. The number of nitrogen functional groups attached to an aromatic ring is 1. The van der Waals surface area contributed by atoms with Gasteiger partial charge in [-0.3, -0.25) is 4.90 Å². The predicted molar refractivity (Wildman–Crippen MR) is 81.0 cm³/mol. The third-order valence-corrected chi connectivity index (χ3v) is 4.13. The van der Waals surface area contributed by atoms with Crippen LogP contribution in [-0.2, 0) is 13.0 Å². The summed E-state index contributed by atoms with van der Waals surface area (Å²) in [4.78, 5) is 7.89. The lowest BCUT2D eigenvalue weighted by atomic mass is 10.1. The molecule has 102 valence electrons. The molecule has 1 atom stereocenters. The molecule has 2 heterocycles. The lowest BCUT2D eigenvalue weighted by molar-refractivity contribution is 0.249. The molecule has 0 aliphatic carbocycles. The van der Waals surface area contributed by atoms with Gasteiger partial charge in [0.05, 0.1) is 0 Å². The summed E-state index contributed by atoms with van der Waals surface area (Å²) >= 11 is 1.82. The summed E-state index contributed by atoms with van der Waals surface area (Å²) < 4.78 is 0. The number of thiophene rings is 1.